The maximum atomic E-state index is 13.9. The minimum atomic E-state index is -0.645. The molecule has 6 heteroatoms. The first-order valence-corrected chi connectivity index (χ1v) is 6.69. The van der Waals surface area contributed by atoms with Gasteiger partial charge in [0, 0.05) is 6.07 Å². The molecule has 0 radical (unpaired) electrons. The van der Waals surface area contributed by atoms with E-state index in [4.69, 9.17) is 0 Å². The van der Waals surface area contributed by atoms with Gasteiger partial charge >= 0.3 is 0 Å². The SMILES string of the molecule is CCc1c(C(CC)NC)nnn1-c1ccc(F)cc1F. The molecule has 0 bridgehead atoms. The topological polar surface area (TPSA) is 42.7 Å². The van der Waals surface area contributed by atoms with Gasteiger partial charge in [0.25, 0.3) is 0 Å². The number of rotatable bonds is 5. The van der Waals surface area contributed by atoms with Crippen LogP contribution in [-0.4, -0.2) is 22.0 Å². The van der Waals surface area contributed by atoms with Crippen molar-refractivity contribution in [3.8, 4) is 5.69 Å². The fraction of sp³-hybridized carbons (Fsp3) is 0.429. The second kappa shape index (κ2) is 6.09. The van der Waals surface area contributed by atoms with Crippen LogP contribution in [0.4, 0.5) is 8.78 Å². The van der Waals surface area contributed by atoms with E-state index in [1.54, 1.807) is 0 Å². The lowest BCUT2D eigenvalue weighted by Gasteiger charge is -2.13. The quantitative estimate of drug-likeness (QED) is 0.915. The molecule has 0 aliphatic heterocycles. The zero-order valence-corrected chi connectivity index (χ0v) is 11.8. The monoisotopic (exact) mass is 280 g/mol. The maximum absolute atomic E-state index is 13.9. The second-order valence-corrected chi connectivity index (χ2v) is 4.53. The highest BCUT2D eigenvalue weighted by Crippen LogP contribution is 2.23. The van der Waals surface area contributed by atoms with Gasteiger partial charge in [-0.15, -0.1) is 5.10 Å². The lowest BCUT2D eigenvalue weighted by molar-refractivity contribution is 0.555. The normalized spacial score (nSPS) is 12.7. The molecule has 0 amide bonds. The highest BCUT2D eigenvalue weighted by Gasteiger charge is 2.20. The van der Waals surface area contributed by atoms with Crippen LogP contribution in [0.5, 0.6) is 0 Å². The van der Waals surface area contributed by atoms with Gasteiger partial charge in [-0.2, -0.15) is 0 Å². The van der Waals surface area contributed by atoms with Crippen molar-refractivity contribution < 1.29 is 8.78 Å². The summed E-state index contributed by atoms with van der Waals surface area (Å²) in [6.07, 6.45) is 1.52. The van der Waals surface area contributed by atoms with Crippen molar-refractivity contribution in [2.45, 2.75) is 32.7 Å². The van der Waals surface area contributed by atoms with Crippen molar-refractivity contribution in [1.82, 2.24) is 20.3 Å². The summed E-state index contributed by atoms with van der Waals surface area (Å²) in [6.45, 7) is 4.00. The van der Waals surface area contributed by atoms with E-state index in [0.717, 1.165) is 23.9 Å². The molecule has 0 spiro atoms. The number of benzene rings is 1. The van der Waals surface area contributed by atoms with Crippen molar-refractivity contribution >= 4 is 0 Å². The number of nitrogens with one attached hydrogen (secondary N) is 1. The van der Waals surface area contributed by atoms with E-state index in [-0.39, 0.29) is 11.7 Å². The van der Waals surface area contributed by atoms with Gasteiger partial charge in [-0.05, 0) is 32.0 Å². The summed E-state index contributed by atoms with van der Waals surface area (Å²) < 4.78 is 28.3. The molecule has 0 saturated carbocycles. The Morgan fingerprint density at radius 3 is 2.60 bits per heavy atom. The van der Waals surface area contributed by atoms with Crippen LogP contribution in [0.15, 0.2) is 18.2 Å². The van der Waals surface area contributed by atoms with E-state index in [1.165, 1.54) is 16.8 Å². The number of aromatic nitrogens is 3. The molecule has 1 aromatic carbocycles. The van der Waals surface area contributed by atoms with Gasteiger partial charge in [0.2, 0.25) is 0 Å². The van der Waals surface area contributed by atoms with Crippen LogP contribution in [0.3, 0.4) is 0 Å². The molecule has 108 valence electrons. The lowest BCUT2D eigenvalue weighted by atomic mass is 10.1. The maximum Gasteiger partial charge on any atom is 0.151 e. The van der Waals surface area contributed by atoms with Crippen LogP contribution < -0.4 is 5.32 Å². The summed E-state index contributed by atoms with van der Waals surface area (Å²) in [5, 5.41) is 11.3. The number of hydrogen-bond acceptors (Lipinski definition) is 3. The molecule has 0 aliphatic carbocycles. The molecule has 2 aromatic rings. The van der Waals surface area contributed by atoms with E-state index < -0.39 is 11.6 Å². The van der Waals surface area contributed by atoms with E-state index in [2.05, 4.69) is 15.6 Å². The van der Waals surface area contributed by atoms with Gasteiger partial charge in [0.05, 0.1) is 11.7 Å². The Kier molecular flexibility index (Phi) is 4.44. The van der Waals surface area contributed by atoms with Gasteiger partial charge in [0.15, 0.2) is 5.82 Å². The predicted octanol–water partition coefficient (Wildman–Crippen LogP) is 2.78. The van der Waals surface area contributed by atoms with E-state index >= 15 is 0 Å². The molecule has 1 unspecified atom stereocenters. The summed E-state index contributed by atoms with van der Waals surface area (Å²) in [6, 6.07) is 3.52. The molecule has 0 fully saturated rings. The molecule has 0 saturated heterocycles. The first kappa shape index (κ1) is 14.6. The fourth-order valence-electron chi connectivity index (χ4n) is 2.30. The number of nitrogens with zero attached hydrogens (tertiary/aromatic N) is 3. The standard InChI is InChI=1S/C14H18F2N4/c1-4-11(17-3)14-12(5-2)20(19-18-14)13-7-6-9(15)8-10(13)16/h6-8,11,17H,4-5H2,1-3H3. The van der Waals surface area contributed by atoms with Crippen molar-refractivity contribution in [1.29, 1.82) is 0 Å². The average molecular weight is 280 g/mol. The van der Waals surface area contributed by atoms with Crippen LogP contribution in [0.1, 0.15) is 37.7 Å². The fourth-order valence-corrected chi connectivity index (χ4v) is 2.30. The molecular formula is C14H18F2N4. The van der Waals surface area contributed by atoms with Gasteiger partial charge in [-0.3, -0.25) is 0 Å². The summed E-state index contributed by atoms with van der Waals surface area (Å²) in [5.74, 6) is -1.25. The molecule has 0 aliphatic rings. The van der Waals surface area contributed by atoms with Gasteiger partial charge in [-0.1, -0.05) is 19.1 Å². The molecule has 1 atom stereocenters. The van der Waals surface area contributed by atoms with E-state index in [0.29, 0.717) is 6.42 Å². The van der Waals surface area contributed by atoms with Crippen LogP contribution in [0.2, 0.25) is 0 Å². The lowest BCUT2D eigenvalue weighted by Crippen LogP contribution is -2.17. The predicted molar refractivity (Wildman–Crippen MR) is 72.7 cm³/mol. The molecule has 1 heterocycles. The Bertz CT molecular complexity index is 591. The molecule has 20 heavy (non-hydrogen) atoms. The zero-order valence-electron chi connectivity index (χ0n) is 11.8. The Morgan fingerprint density at radius 2 is 2.05 bits per heavy atom. The third-order valence-corrected chi connectivity index (χ3v) is 3.35. The molecule has 2 rings (SSSR count). The van der Waals surface area contributed by atoms with E-state index in [1.807, 2.05) is 20.9 Å². The van der Waals surface area contributed by atoms with Gasteiger partial charge in [0.1, 0.15) is 17.2 Å². The first-order chi connectivity index (χ1) is 9.62. The smallest absolute Gasteiger partial charge is 0.151 e. The van der Waals surface area contributed by atoms with Crippen LogP contribution in [0, 0.1) is 11.6 Å². The van der Waals surface area contributed by atoms with Crippen LogP contribution in [0.25, 0.3) is 5.69 Å². The van der Waals surface area contributed by atoms with Gasteiger partial charge < -0.3 is 5.32 Å². The second-order valence-electron chi connectivity index (χ2n) is 4.53. The largest absolute Gasteiger partial charge is 0.312 e. The minimum absolute atomic E-state index is 0.0715. The van der Waals surface area contributed by atoms with Crippen molar-refractivity contribution in [3.05, 3.63) is 41.2 Å². The van der Waals surface area contributed by atoms with Crippen LogP contribution in [-0.2, 0) is 6.42 Å². The first-order valence-electron chi connectivity index (χ1n) is 6.69. The highest BCUT2D eigenvalue weighted by atomic mass is 19.1. The Labute approximate surface area is 116 Å². The summed E-state index contributed by atoms with van der Waals surface area (Å²) in [5.41, 5.74) is 1.85. The number of hydrogen-bond donors (Lipinski definition) is 1. The summed E-state index contributed by atoms with van der Waals surface area (Å²) in [4.78, 5) is 0. The third kappa shape index (κ3) is 2.56. The highest BCUT2D eigenvalue weighted by molar-refractivity contribution is 5.36. The molecular weight excluding hydrogens is 262 g/mol. The summed E-state index contributed by atoms with van der Waals surface area (Å²) >= 11 is 0. The Balaban J connectivity index is 2.52. The number of halogens is 2. The van der Waals surface area contributed by atoms with E-state index in [9.17, 15) is 8.78 Å². The van der Waals surface area contributed by atoms with Crippen molar-refractivity contribution in [3.63, 3.8) is 0 Å². The third-order valence-electron chi connectivity index (χ3n) is 3.35. The van der Waals surface area contributed by atoms with Gasteiger partial charge in [-0.25, -0.2) is 13.5 Å². The average Bonchev–Trinajstić information content (AvgIpc) is 2.84. The molecule has 1 aromatic heterocycles. The molecule has 4 nitrogen and oxygen atoms in total. The Hall–Kier alpha value is -1.82. The van der Waals surface area contributed by atoms with Crippen LogP contribution >= 0.6 is 0 Å². The Morgan fingerprint density at radius 1 is 1.30 bits per heavy atom. The van der Waals surface area contributed by atoms with Crippen molar-refractivity contribution in [2.75, 3.05) is 7.05 Å². The molecule has 1 N–H and O–H groups in total. The van der Waals surface area contributed by atoms with Crippen molar-refractivity contribution in [2.24, 2.45) is 0 Å². The summed E-state index contributed by atoms with van der Waals surface area (Å²) in [7, 11) is 1.85. The zero-order chi connectivity index (χ0) is 14.7. The minimum Gasteiger partial charge on any atom is -0.312 e.